The van der Waals surface area contributed by atoms with E-state index in [2.05, 4.69) is 15.3 Å². The fraction of sp³-hybridized carbons (Fsp3) is 0.400. The van der Waals surface area contributed by atoms with Gasteiger partial charge in [0, 0.05) is 29.0 Å². The topological polar surface area (TPSA) is 57.8 Å². The Kier molecular flexibility index (Phi) is 3.87. The molecule has 0 spiro atoms. The third kappa shape index (κ3) is 3.01. The Morgan fingerprint density at radius 3 is 3.00 bits per heavy atom. The van der Waals surface area contributed by atoms with Gasteiger partial charge in [0.2, 0.25) is 0 Å². The molecule has 2 aromatic heterocycles. The summed E-state index contributed by atoms with van der Waals surface area (Å²) in [6, 6.07) is 0. The maximum absolute atomic E-state index is 10.9. The van der Waals surface area contributed by atoms with E-state index in [0.29, 0.717) is 0 Å². The standard InChI is InChI=1S/C10H13N3OS2/c1-7-9(16-6-12-7)2-3-11-4-8-5-15-10(14)13-8/h5-6,11H,2-4H2,1H3,(H,13,14). The summed E-state index contributed by atoms with van der Waals surface area (Å²) in [6.45, 7) is 3.65. The summed E-state index contributed by atoms with van der Waals surface area (Å²) in [4.78, 5) is 19.2. The first kappa shape index (κ1) is 11.5. The van der Waals surface area contributed by atoms with Gasteiger partial charge >= 0.3 is 4.87 Å². The highest BCUT2D eigenvalue weighted by Gasteiger charge is 2.01. The SMILES string of the molecule is Cc1ncsc1CCNCc1csc(=O)[nH]1. The molecule has 0 amide bonds. The van der Waals surface area contributed by atoms with Gasteiger partial charge in [0.1, 0.15) is 0 Å². The summed E-state index contributed by atoms with van der Waals surface area (Å²) >= 11 is 2.90. The Labute approximate surface area is 101 Å². The summed E-state index contributed by atoms with van der Waals surface area (Å²) in [5.74, 6) is 0. The van der Waals surface area contributed by atoms with E-state index < -0.39 is 0 Å². The van der Waals surface area contributed by atoms with Crippen LogP contribution in [0.15, 0.2) is 15.7 Å². The van der Waals surface area contributed by atoms with Crippen LogP contribution in [0.1, 0.15) is 16.3 Å². The van der Waals surface area contributed by atoms with Crippen LogP contribution in [-0.2, 0) is 13.0 Å². The Morgan fingerprint density at radius 1 is 1.50 bits per heavy atom. The number of rotatable bonds is 5. The molecule has 0 aliphatic heterocycles. The zero-order chi connectivity index (χ0) is 11.4. The second-order valence-electron chi connectivity index (χ2n) is 3.46. The lowest BCUT2D eigenvalue weighted by Gasteiger charge is -2.01. The summed E-state index contributed by atoms with van der Waals surface area (Å²) in [6.07, 6.45) is 0.991. The van der Waals surface area contributed by atoms with E-state index in [1.165, 1.54) is 16.2 Å². The second-order valence-corrected chi connectivity index (χ2v) is 5.24. The highest BCUT2D eigenvalue weighted by atomic mass is 32.1. The Balaban J connectivity index is 1.73. The fourth-order valence-electron chi connectivity index (χ4n) is 1.39. The van der Waals surface area contributed by atoms with Gasteiger partial charge in [-0.25, -0.2) is 4.98 Å². The highest BCUT2D eigenvalue weighted by Crippen LogP contribution is 2.11. The predicted octanol–water partition coefficient (Wildman–Crippen LogP) is 1.53. The van der Waals surface area contributed by atoms with Crippen molar-refractivity contribution in [1.29, 1.82) is 0 Å². The summed E-state index contributed by atoms with van der Waals surface area (Å²) < 4.78 is 0. The molecule has 2 aromatic rings. The van der Waals surface area contributed by atoms with Crippen LogP contribution in [0, 0.1) is 6.92 Å². The second kappa shape index (κ2) is 5.38. The van der Waals surface area contributed by atoms with Gasteiger partial charge in [-0.1, -0.05) is 11.3 Å². The highest BCUT2D eigenvalue weighted by molar-refractivity contribution is 7.09. The minimum absolute atomic E-state index is 0.00935. The lowest BCUT2D eigenvalue weighted by atomic mass is 10.3. The molecule has 2 heterocycles. The van der Waals surface area contributed by atoms with Crippen LogP contribution in [-0.4, -0.2) is 16.5 Å². The first-order valence-corrected chi connectivity index (χ1v) is 6.78. The number of aromatic nitrogens is 2. The number of H-pyrrole nitrogens is 1. The van der Waals surface area contributed by atoms with E-state index in [4.69, 9.17) is 0 Å². The molecule has 0 fully saturated rings. The van der Waals surface area contributed by atoms with Crippen LogP contribution in [0.25, 0.3) is 0 Å². The van der Waals surface area contributed by atoms with E-state index in [1.807, 2.05) is 17.8 Å². The number of nitrogens with zero attached hydrogens (tertiary/aromatic N) is 1. The monoisotopic (exact) mass is 255 g/mol. The van der Waals surface area contributed by atoms with Crippen LogP contribution >= 0.6 is 22.7 Å². The van der Waals surface area contributed by atoms with Gasteiger partial charge < -0.3 is 10.3 Å². The van der Waals surface area contributed by atoms with Crippen molar-refractivity contribution in [2.24, 2.45) is 0 Å². The van der Waals surface area contributed by atoms with Gasteiger partial charge in [0.25, 0.3) is 0 Å². The molecular weight excluding hydrogens is 242 g/mol. The maximum Gasteiger partial charge on any atom is 0.304 e. The molecule has 0 aliphatic carbocycles. The summed E-state index contributed by atoms with van der Waals surface area (Å²) in [7, 11) is 0. The molecular formula is C10H13N3OS2. The molecule has 0 saturated heterocycles. The first-order valence-electron chi connectivity index (χ1n) is 5.02. The number of nitrogens with one attached hydrogen (secondary N) is 2. The van der Waals surface area contributed by atoms with E-state index in [0.717, 1.165) is 30.9 Å². The van der Waals surface area contributed by atoms with E-state index >= 15 is 0 Å². The lowest BCUT2D eigenvalue weighted by molar-refractivity contribution is 0.678. The van der Waals surface area contributed by atoms with E-state index in [9.17, 15) is 4.79 Å². The average Bonchev–Trinajstić information content (AvgIpc) is 2.83. The van der Waals surface area contributed by atoms with Gasteiger partial charge in [-0.3, -0.25) is 4.79 Å². The molecule has 16 heavy (non-hydrogen) atoms. The number of aromatic amines is 1. The van der Waals surface area contributed by atoms with Crippen LogP contribution in [0.2, 0.25) is 0 Å². The fourth-order valence-corrected chi connectivity index (χ4v) is 2.75. The molecule has 6 heteroatoms. The molecule has 0 aromatic carbocycles. The molecule has 0 unspecified atom stereocenters. The zero-order valence-electron chi connectivity index (χ0n) is 8.95. The third-order valence-electron chi connectivity index (χ3n) is 2.26. The molecule has 0 saturated carbocycles. The van der Waals surface area contributed by atoms with Crippen LogP contribution < -0.4 is 10.2 Å². The van der Waals surface area contributed by atoms with E-state index in [1.54, 1.807) is 11.3 Å². The van der Waals surface area contributed by atoms with Gasteiger partial charge in [0.15, 0.2) is 0 Å². The molecule has 2 N–H and O–H groups in total. The Hall–Kier alpha value is -0.980. The third-order valence-corrected chi connectivity index (χ3v) is 3.97. The smallest absolute Gasteiger partial charge is 0.304 e. The van der Waals surface area contributed by atoms with Crippen molar-refractivity contribution in [3.05, 3.63) is 36.8 Å². The van der Waals surface area contributed by atoms with Crippen molar-refractivity contribution in [2.75, 3.05) is 6.54 Å². The molecule has 4 nitrogen and oxygen atoms in total. The zero-order valence-corrected chi connectivity index (χ0v) is 10.6. The van der Waals surface area contributed by atoms with Gasteiger partial charge in [-0.15, -0.1) is 11.3 Å². The molecule has 86 valence electrons. The van der Waals surface area contributed by atoms with Crippen LogP contribution in [0.3, 0.4) is 0 Å². The molecule has 0 aliphatic rings. The van der Waals surface area contributed by atoms with Crippen molar-refractivity contribution in [1.82, 2.24) is 15.3 Å². The largest absolute Gasteiger partial charge is 0.315 e. The van der Waals surface area contributed by atoms with Crippen molar-refractivity contribution in [3.8, 4) is 0 Å². The lowest BCUT2D eigenvalue weighted by Crippen LogP contribution is -2.17. The van der Waals surface area contributed by atoms with Gasteiger partial charge in [0.05, 0.1) is 11.2 Å². The minimum Gasteiger partial charge on any atom is -0.315 e. The summed E-state index contributed by atoms with van der Waals surface area (Å²) in [5.41, 5.74) is 3.95. The quantitative estimate of drug-likeness (QED) is 0.797. The van der Waals surface area contributed by atoms with Crippen LogP contribution in [0.4, 0.5) is 0 Å². The average molecular weight is 255 g/mol. The van der Waals surface area contributed by atoms with Crippen LogP contribution in [0.5, 0.6) is 0 Å². The Morgan fingerprint density at radius 2 is 2.38 bits per heavy atom. The van der Waals surface area contributed by atoms with Gasteiger partial charge in [-0.2, -0.15) is 0 Å². The van der Waals surface area contributed by atoms with Crippen molar-refractivity contribution in [2.45, 2.75) is 19.9 Å². The normalized spacial score (nSPS) is 10.8. The van der Waals surface area contributed by atoms with Crippen molar-refractivity contribution >= 4 is 22.7 Å². The maximum atomic E-state index is 10.9. The van der Waals surface area contributed by atoms with Crippen molar-refractivity contribution < 1.29 is 0 Å². The molecule has 0 atom stereocenters. The Bertz CT molecular complexity index is 500. The molecule has 2 rings (SSSR count). The van der Waals surface area contributed by atoms with Crippen molar-refractivity contribution in [3.63, 3.8) is 0 Å². The predicted molar refractivity (Wildman–Crippen MR) is 67.2 cm³/mol. The first-order chi connectivity index (χ1) is 7.75. The number of hydrogen-bond acceptors (Lipinski definition) is 5. The van der Waals surface area contributed by atoms with E-state index in [-0.39, 0.29) is 4.87 Å². The molecule has 0 bridgehead atoms. The van der Waals surface area contributed by atoms with Gasteiger partial charge in [-0.05, 0) is 13.3 Å². The number of hydrogen-bond donors (Lipinski definition) is 2. The molecule has 0 radical (unpaired) electrons. The summed E-state index contributed by atoms with van der Waals surface area (Å²) in [5, 5.41) is 5.15. The number of aryl methyl sites for hydroxylation is 1. The minimum atomic E-state index is 0.00935. The number of thiazole rings is 2.